The van der Waals surface area contributed by atoms with Crippen LogP contribution < -0.4 is 0 Å². The molecule has 0 spiro atoms. The topological polar surface area (TPSA) is 0 Å². The van der Waals surface area contributed by atoms with E-state index in [4.69, 9.17) is 0 Å². The Morgan fingerprint density at radius 2 is 0.647 bits per heavy atom. The van der Waals surface area contributed by atoms with Crippen molar-refractivity contribution in [1.82, 2.24) is 0 Å². The van der Waals surface area contributed by atoms with Gasteiger partial charge in [-0.05, 0) is 0 Å². The number of hydrogen-bond donors (Lipinski definition) is 0. The summed E-state index contributed by atoms with van der Waals surface area (Å²) in [5, 5.41) is 0. The van der Waals surface area contributed by atoms with E-state index in [1.165, 1.54) is 33.4 Å². The summed E-state index contributed by atoms with van der Waals surface area (Å²) < 4.78 is 3.14. The van der Waals surface area contributed by atoms with Gasteiger partial charge in [0.25, 0.3) is 0 Å². The van der Waals surface area contributed by atoms with Gasteiger partial charge in [-0.1, -0.05) is 19.6 Å². The molecule has 3 heteroatoms. The van der Waals surface area contributed by atoms with Crippen LogP contribution in [0.4, 0.5) is 0 Å². The molecule has 0 bridgehead atoms. The number of rotatable bonds is 4. The van der Waals surface area contributed by atoms with Crippen molar-refractivity contribution in [3.63, 3.8) is 0 Å². The van der Waals surface area contributed by atoms with Crippen LogP contribution >= 0.6 is 0 Å². The molecule has 162 valence electrons. The summed E-state index contributed by atoms with van der Waals surface area (Å²) in [4.78, 5) is 0. The fourth-order valence-electron chi connectivity index (χ4n) is 3.93. The fraction of sp³-hybridized carbons (Fsp3) is 0.0968. The molecule has 0 aliphatic carbocycles. The molecule has 1 aliphatic rings. The van der Waals surface area contributed by atoms with Crippen molar-refractivity contribution in [2.75, 3.05) is 0 Å². The molecule has 0 fully saturated rings. The summed E-state index contributed by atoms with van der Waals surface area (Å²) in [5.41, 5.74) is 8.23. The van der Waals surface area contributed by atoms with E-state index < -0.39 is 21.1 Å². The third-order valence-corrected chi connectivity index (χ3v) is 9.75. The van der Waals surface area contributed by atoms with Gasteiger partial charge in [-0.3, -0.25) is 0 Å². The minimum absolute atomic E-state index is 0. The van der Waals surface area contributed by atoms with E-state index in [1.54, 1.807) is 7.18 Å². The first kappa shape index (κ1) is 26.6. The maximum absolute atomic E-state index is 2.27. The van der Waals surface area contributed by atoms with E-state index in [0.717, 1.165) is 0 Å². The van der Waals surface area contributed by atoms with Crippen molar-refractivity contribution in [1.29, 1.82) is 0 Å². The quantitative estimate of drug-likeness (QED) is 0.225. The van der Waals surface area contributed by atoms with E-state index in [9.17, 15) is 0 Å². The van der Waals surface area contributed by atoms with Gasteiger partial charge >= 0.3 is 183 Å². The monoisotopic (exact) mass is 556 g/mol. The first-order valence-corrected chi connectivity index (χ1v) is 17.2. The van der Waals surface area contributed by atoms with Crippen LogP contribution in [-0.4, -0.2) is 48.8 Å². The summed E-state index contributed by atoms with van der Waals surface area (Å²) in [6.07, 6.45) is 0. The van der Waals surface area contributed by atoms with Crippen LogP contribution in [0, 0.1) is 0 Å². The first-order valence-electron chi connectivity index (χ1n) is 11.4. The van der Waals surface area contributed by atoms with E-state index in [-0.39, 0.29) is 27.7 Å². The second-order valence-corrected chi connectivity index (χ2v) is 15.2. The molecule has 1 aliphatic heterocycles. The van der Waals surface area contributed by atoms with Gasteiger partial charge in [-0.15, -0.1) is 0 Å². The predicted molar refractivity (Wildman–Crippen MR) is 154 cm³/mol. The van der Waals surface area contributed by atoms with Crippen molar-refractivity contribution in [2.24, 2.45) is 0 Å². The van der Waals surface area contributed by atoms with Crippen LogP contribution in [0.5, 0.6) is 0 Å². The third kappa shape index (κ3) is 6.55. The zero-order valence-electron chi connectivity index (χ0n) is 20.5. The molecule has 4 aromatic carbocycles. The molecule has 4 aromatic rings. The predicted octanol–water partition coefficient (Wildman–Crippen LogP) is 7.83. The van der Waals surface area contributed by atoms with Crippen molar-refractivity contribution in [2.45, 2.75) is 19.6 Å². The molecule has 0 amide bonds. The Morgan fingerprint density at radius 1 is 0.412 bits per heavy atom. The summed E-state index contributed by atoms with van der Waals surface area (Å²) in [5.74, 6) is 0. The fourth-order valence-corrected chi connectivity index (χ4v) is 8.67. The Balaban J connectivity index is 0.000000603. The Morgan fingerprint density at radius 3 is 0.912 bits per heavy atom. The Kier molecular flexibility index (Phi) is 10.3. The van der Waals surface area contributed by atoms with E-state index in [2.05, 4.69) is 141 Å². The molecule has 0 nitrogen and oxygen atoms in total. The summed E-state index contributed by atoms with van der Waals surface area (Å²) >= 11 is -1.00. The maximum atomic E-state index is 2.27. The zero-order valence-corrected chi connectivity index (χ0v) is 24.4. The Labute approximate surface area is 228 Å². The average molecular weight is 555 g/mol. The molecule has 5 rings (SSSR count). The minimum atomic E-state index is -1.00. The van der Waals surface area contributed by atoms with Crippen molar-refractivity contribution >= 4 is 67.1 Å². The normalized spacial score (nSPS) is 12.8. The molecular weight excluding hydrogens is 526 g/mol. The van der Waals surface area contributed by atoms with Gasteiger partial charge < -0.3 is 0 Å². The van der Waals surface area contributed by atoms with Crippen LogP contribution in [0.2, 0.25) is 19.6 Å². The van der Waals surface area contributed by atoms with Gasteiger partial charge in [0.2, 0.25) is 0 Å². The van der Waals surface area contributed by atoms with Crippen LogP contribution in [-0.2, 0) is 0 Å². The van der Waals surface area contributed by atoms with Gasteiger partial charge in [0.1, 0.15) is 0 Å². The second kappa shape index (κ2) is 13.2. The van der Waals surface area contributed by atoms with Crippen LogP contribution in [0.1, 0.15) is 22.3 Å². The SMILES string of the molecule is C[Si](C)C.[Li].c1ccc([C]2=C(c3ccccc3)C(c3ccccc3)=[C](c3ccccc3)[Sn]2)cc1. The molecule has 0 atom stereocenters. The van der Waals surface area contributed by atoms with Gasteiger partial charge in [0, 0.05) is 27.7 Å². The number of hydrogen-bond acceptors (Lipinski definition) is 0. The molecule has 0 saturated carbocycles. The van der Waals surface area contributed by atoms with Gasteiger partial charge in [0.05, 0.1) is 0 Å². The van der Waals surface area contributed by atoms with E-state index in [1.807, 2.05) is 0 Å². The zero-order chi connectivity index (χ0) is 23.0. The van der Waals surface area contributed by atoms with Crippen molar-refractivity contribution < 1.29 is 0 Å². The van der Waals surface area contributed by atoms with Gasteiger partial charge in [-0.2, -0.15) is 0 Å². The molecule has 4 radical (unpaired) electrons. The molecule has 0 unspecified atom stereocenters. The first-order chi connectivity index (χ1) is 16.1. The summed E-state index contributed by atoms with van der Waals surface area (Å²) in [6, 6.07) is 43.8. The van der Waals surface area contributed by atoms with Crippen molar-refractivity contribution in [3.8, 4) is 0 Å². The van der Waals surface area contributed by atoms with Gasteiger partial charge in [0.15, 0.2) is 0 Å². The number of allylic oxidation sites excluding steroid dienone is 2. The standard InChI is InChI=1S/C28H20.C3H9Si.Li.Sn/c1-5-13-23(14-6-1)21-27(25-17-9-3-10-18-25)28(26-19-11-4-12-20-26)22-24-15-7-2-8-16-24;1-4(2)3;;/h1-20H;1-3H3;;. The molecule has 34 heavy (non-hydrogen) atoms. The average Bonchev–Trinajstić information content (AvgIpc) is 3.27. The second-order valence-electron chi connectivity index (χ2n) is 8.59. The molecule has 1 heterocycles. The van der Waals surface area contributed by atoms with E-state index >= 15 is 0 Å². The van der Waals surface area contributed by atoms with Gasteiger partial charge in [-0.25, -0.2) is 0 Å². The Hall–Kier alpha value is -2.03. The van der Waals surface area contributed by atoms with Crippen LogP contribution in [0.15, 0.2) is 121 Å². The summed E-state index contributed by atoms with van der Waals surface area (Å²) in [7, 11) is 0.120. The van der Waals surface area contributed by atoms with Crippen LogP contribution in [0.25, 0.3) is 18.3 Å². The van der Waals surface area contributed by atoms with E-state index in [0.29, 0.717) is 0 Å². The molecular formula is C31H29LiSiSn. The molecule has 0 saturated heterocycles. The van der Waals surface area contributed by atoms with Crippen LogP contribution in [0.3, 0.4) is 0 Å². The van der Waals surface area contributed by atoms with Crippen molar-refractivity contribution in [3.05, 3.63) is 144 Å². The third-order valence-electron chi connectivity index (χ3n) is 5.25. The molecule has 0 aromatic heterocycles. The number of benzene rings is 4. The molecule has 0 N–H and O–H groups in total. The summed E-state index contributed by atoms with van der Waals surface area (Å²) in [6.45, 7) is 6.81. The Bertz CT molecular complexity index is 1130.